The van der Waals surface area contributed by atoms with Crippen LogP contribution in [0, 0.1) is 5.82 Å². The van der Waals surface area contributed by atoms with Crippen LogP contribution in [0.1, 0.15) is 17.9 Å². The summed E-state index contributed by atoms with van der Waals surface area (Å²) >= 11 is 0. The lowest BCUT2D eigenvalue weighted by Crippen LogP contribution is -2.56. The number of likely N-dealkylation sites (tertiary alicyclic amines) is 1. The molecule has 0 aromatic heterocycles. The zero-order valence-corrected chi connectivity index (χ0v) is 12.9. The lowest BCUT2D eigenvalue weighted by atomic mass is 9.85. The van der Waals surface area contributed by atoms with Crippen LogP contribution in [0.5, 0.6) is 0 Å². The van der Waals surface area contributed by atoms with E-state index in [-0.39, 0.29) is 6.54 Å². The summed E-state index contributed by atoms with van der Waals surface area (Å²) in [5.74, 6) is -2.96. The second kappa shape index (κ2) is 7.06. The first-order valence-corrected chi connectivity index (χ1v) is 7.32. The largest absolute Gasteiger partial charge is 0.471 e. The fraction of sp³-hybridized carbons (Fsp3) is 0.467. The molecule has 1 fully saturated rings. The standard InChI is InChI=1S/C15H17F4N3O2/c1-20-14(24)22-7-6-11(9-2-4-10(16)5-3-9)12(8-22)21-13(23)15(17,18)19/h2-5,11-12H,6-8H2,1H3,(H,20,24)(H,21,23)/t11-,12-/m0/s1. The van der Waals surface area contributed by atoms with Crippen LogP contribution in [-0.4, -0.2) is 49.2 Å². The van der Waals surface area contributed by atoms with E-state index in [1.165, 1.54) is 36.2 Å². The molecule has 0 spiro atoms. The average molecular weight is 347 g/mol. The number of carbonyl (C=O) groups excluding carboxylic acids is 2. The van der Waals surface area contributed by atoms with Gasteiger partial charge in [0.15, 0.2) is 0 Å². The van der Waals surface area contributed by atoms with Crippen molar-refractivity contribution in [2.75, 3.05) is 20.1 Å². The second-order valence-corrected chi connectivity index (χ2v) is 5.53. The molecule has 24 heavy (non-hydrogen) atoms. The molecular formula is C15H17F4N3O2. The van der Waals surface area contributed by atoms with Crippen molar-refractivity contribution >= 4 is 11.9 Å². The molecule has 1 heterocycles. The number of amides is 3. The molecule has 0 aliphatic carbocycles. The number of hydrogen-bond acceptors (Lipinski definition) is 2. The minimum Gasteiger partial charge on any atom is -0.343 e. The molecule has 1 saturated heterocycles. The third-order valence-electron chi connectivity index (χ3n) is 3.99. The Hall–Kier alpha value is -2.32. The van der Waals surface area contributed by atoms with Gasteiger partial charge in [0.25, 0.3) is 0 Å². The van der Waals surface area contributed by atoms with E-state index < -0.39 is 35.9 Å². The van der Waals surface area contributed by atoms with Crippen molar-refractivity contribution in [3.05, 3.63) is 35.6 Å². The number of nitrogens with zero attached hydrogens (tertiary/aromatic N) is 1. The molecule has 3 amide bonds. The summed E-state index contributed by atoms with van der Waals surface area (Å²) in [6.07, 6.45) is -4.66. The number of nitrogens with one attached hydrogen (secondary N) is 2. The van der Waals surface area contributed by atoms with Gasteiger partial charge in [-0.2, -0.15) is 13.2 Å². The third kappa shape index (κ3) is 4.15. The van der Waals surface area contributed by atoms with E-state index in [9.17, 15) is 27.2 Å². The highest BCUT2D eigenvalue weighted by molar-refractivity contribution is 5.82. The van der Waals surface area contributed by atoms with Crippen LogP contribution in [0.4, 0.5) is 22.4 Å². The Bertz CT molecular complexity index is 604. The first-order chi connectivity index (χ1) is 11.2. The van der Waals surface area contributed by atoms with Crippen LogP contribution in [0.15, 0.2) is 24.3 Å². The minimum absolute atomic E-state index is 0.0659. The van der Waals surface area contributed by atoms with Crippen LogP contribution >= 0.6 is 0 Å². The van der Waals surface area contributed by atoms with Crippen molar-refractivity contribution in [2.45, 2.75) is 24.6 Å². The molecule has 0 radical (unpaired) electrons. The summed E-state index contributed by atoms with van der Waals surface area (Å²) in [7, 11) is 1.41. The molecule has 1 aliphatic rings. The van der Waals surface area contributed by atoms with Gasteiger partial charge in [-0.3, -0.25) is 4.79 Å². The van der Waals surface area contributed by atoms with Crippen LogP contribution in [0.2, 0.25) is 0 Å². The normalized spacial score (nSPS) is 21.3. The SMILES string of the molecule is CNC(=O)N1CC[C@@H](c2ccc(F)cc2)[C@@H](NC(=O)C(F)(F)F)C1. The van der Waals surface area contributed by atoms with Crippen molar-refractivity contribution in [2.24, 2.45) is 0 Å². The monoisotopic (exact) mass is 347 g/mol. The number of halogens is 4. The van der Waals surface area contributed by atoms with Crippen molar-refractivity contribution in [3.8, 4) is 0 Å². The number of hydrogen-bond donors (Lipinski definition) is 2. The van der Waals surface area contributed by atoms with Gasteiger partial charge in [0.05, 0.1) is 6.04 Å². The van der Waals surface area contributed by atoms with Gasteiger partial charge in [-0.15, -0.1) is 0 Å². The van der Waals surface area contributed by atoms with Gasteiger partial charge in [-0.1, -0.05) is 12.1 Å². The Morgan fingerprint density at radius 2 is 1.83 bits per heavy atom. The molecule has 132 valence electrons. The van der Waals surface area contributed by atoms with Crippen LogP contribution < -0.4 is 10.6 Å². The maximum absolute atomic E-state index is 13.1. The van der Waals surface area contributed by atoms with E-state index in [1.54, 1.807) is 0 Å². The number of urea groups is 1. The second-order valence-electron chi connectivity index (χ2n) is 5.53. The van der Waals surface area contributed by atoms with E-state index in [0.29, 0.717) is 18.5 Å². The smallest absolute Gasteiger partial charge is 0.343 e. The molecule has 1 aliphatic heterocycles. The highest BCUT2D eigenvalue weighted by atomic mass is 19.4. The molecule has 2 atom stereocenters. The maximum Gasteiger partial charge on any atom is 0.471 e. The van der Waals surface area contributed by atoms with E-state index in [0.717, 1.165) is 0 Å². The Kier molecular flexibility index (Phi) is 5.30. The summed E-state index contributed by atoms with van der Waals surface area (Å²) < 4.78 is 50.7. The van der Waals surface area contributed by atoms with E-state index in [2.05, 4.69) is 5.32 Å². The van der Waals surface area contributed by atoms with Gasteiger partial charge in [-0.25, -0.2) is 9.18 Å². The fourth-order valence-electron chi connectivity index (χ4n) is 2.80. The van der Waals surface area contributed by atoms with Gasteiger partial charge in [0.2, 0.25) is 0 Å². The van der Waals surface area contributed by atoms with Crippen molar-refractivity contribution in [3.63, 3.8) is 0 Å². The first kappa shape index (κ1) is 18.0. The third-order valence-corrected chi connectivity index (χ3v) is 3.99. The summed E-state index contributed by atoms with van der Waals surface area (Å²) in [5, 5.41) is 4.35. The molecule has 2 rings (SSSR count). The molecule has 5 nitrogen and oxygen atoms in total. The van der Waals surface area contributed by atoms with Crippen LogP contribution in [0.3, 0.4) is 0 Å². The average Bonchev–Trinajstić information content (AvgIpc) is 2.54. The molecular weight excluding hydrogens is 330 g/mol. The molecule has 2 N–H and O–H groups in total. The molecule has 1 aromatic carbocycles. The predicted molar refractivity (Wildman–Crippen MR) is 77.8 cm³/mol. The fourth-order valence-corrected chi connectivity index (χ4v) is 2.80. The molecule has 9 heteroatoms. The highest BCUT2D eigenvalue weighted by Gasteiger charge is 2.42. The Balaban J connectivity index is 2.22. The molecule has 0 bridgehead atoms. The van der Waals surface area contributed by atoms with Gasteiger partial charge in [0.1, 0.15) is 5.82 Å². The summed E-state index contributed by atoms with van der Waals surface area (Å²) in [4.78, 5) is 24.3. The molecule has 0 saturated carbocycles. The summed E-state index contributed by atoms with van der Waals surface area (Å²) in [6, 6.07) is 4.02. The van der Waals surface area contributed by atoms with E-state index in [4.69, 9.17) is 0 Å². The number of piperidine rings is 1. The Labute approximate surface area is 136 Å². The Morgan fingerprint density at radius 3 is 2.38 bits per heavy atom. The van der Waals surface area contributed by atoms with E-state index in [1.807, 2.05) is 5.32 Å². The van der Waals surface area contributed by atoms with Gasteiger partial charge >= 0.3 is 18.1 Å². The number of alkyl halides is 3. The minimum atomic E-state index is -5.01. The zero-order valence-electron chi connectivity index (χ0n) is 12.9. The van der Waals surface area contributed by atoms with Crippen LogP contribution in [-0.2, 0) is 4.79 Å². The topological polar surface area (TPSA) is 61.4 Å². The number of benzene rings is 1. The highest BCUT2D eigenvalue weighted by Crippen LogP contribution is 2.29. The molecule has 0 unspecified atom stereocenters. The Morgan fingerprint density at radius 1 is 1.21 bits per heavy atom. The van der Waals surface area contributed by atoms with Gasteiger partial charge in [-0.05, 0) is 24.1 Å². The van der Waals surface area contributed by atoms with Crippen molar-refractivity contribution in [1.29, 1.82) is 0 Å². The summed E-state index contributed by atoms with van der Waals surface area (Å²) in [6.45, 7) is 0.254. The maximum atomic E-state index is 13.1. The zero-order chi connectivity index (χ0) is 17.9. The quantitative estimate of drug-likeness (QED) is 0.804. The predicted octanol–water partition coefficient (Wildman–Crippen LogP) is 2.00. The van der Waals surface area contributed by atoms with Crippen molar-refractivity contribution in [1.82, 2.24) is 15.5 Å². The lowest BCUT2D eigenvalue weighted by Gasteiger charge is -2.39. The number of rotatable bonds is 2. The van der Waals surface area contributed by atoms with Crippen LogP contribution in [0.25, 0.3) is 0 Å². The summed E-state index contributed by atoms with van der Waals surface area (Å²) in [5.41, 5.74) is 0.612. The first-order valence-electron chi connectivity index (χ1n) is 7.32. The van der Waals surface area contributed by atoms with E-state index >= 15 is 0 Å². The van der Waals surface area contributed by atoms with Gasteiger partial charge in [0, 0.05) is 26.1 Å². The molecule has 1 aromatic rings. The number of carbonyl (C=O) groups is 2. The van der Waals surface area contributed by atoms with Crippen molar-refractivity contribution < 1.29 is 27.2 Å². The lowest BCUT2D eigenvalue weighted by molar-refractivity contribution is -0.174. The van der Waals surface area contributed by atoms with Gasteiger partial charge < -0.3 is 15.5 Å².